The highest BCUT2D eigenvalue weighted by atomic mass is 16.2. The number of carbonyl (C=O) groups is 2. The van der Waals surface area contributed by atoms with Crippen LogP contribution in [0.4, 0.5) is 0 Å². The van der Waals surface area contributed by atoms with Crippen molar-refractivity contribution < 1.29 is 9.59 Å². The van der Waals surface area contributed by atoms with Crippen molar-refractivity contribution >= 4 is 28.2 Å². The lowest BCUT2D eigenvalue weighted by molar-refractivity contribution is 0.0842. The molecular formula is C19H14N6O4. The highest BCUT2D eigenvalue weighted by Gasteiger charge is 2.18. The van der Waals surface area contributed by atoms with Gasteiger partial charge in [-0.05, 0) is 18.2 Å². The molecule has 0 aliphatic carbocycles. The van der Waals surface area contributed by atoms with Crippen LogP contribution in [0, 0.1) is 0 Å². The quantitative estimate of drug-likeness (QED) is 0.465. The van der Waals surface area contributed by atoms with E-state index in [9.17, 15) is 19.2 Å². The first-order chi connectivity index (χ1) is 14.0. The summed E-state index contributed by atoms with van der Waals surface area (Å²) in [4.78, 5) is 53.6. The van der Waals surface area contributed by atoms with E-state index in [0.29, 0.717) is 16.4 Å². The van der Waals surface area contributed by atoms with Gasteiger partial charge in [-0.3, -0.25) is 34.4 Å². The number of aromatic nitrogens is 4. The molecule has 29 heavy (non-hydrogen) atoms. The number of nitrogens with one attached hydrogen (secondary N) is 2. The fourth-order valence-corrected chi connectivity index (χ4v) is 2.89. The molecule has 0 fully saturated rings. The Bertz CT molecular complexity index is 1410. The average Bonchev–Trinajstić information content (AvgIpc) is 2.75. The van der Waals surface area contributed by atoms with Crippen LogP contribution in [0.15, 0.2) is 64.4 Å². The summed E-state index contributed by atoms with van der Waals surface area (Å²) in [6, 6.07) is 11.5. The number of hydrazine groups is 1. The van der Waals surface area contributed by atoms with Gasteiger partial charge in [0.25, 0.3) is 22.9 Å². The molecule has 144 valence electrons. The Hall–Kier alpha value is -4.34. The maximum atomic E-state index is 12.6. The van der Waals surface area contributed by atoms with Gasteiger partial charge >= 0.3 is 0 Å². The largest absolute Gasteiger partial charge is 0.290 e. The van der Waals surface area contributed by atoms with Gasteiger partial charge in [-0.1, -0.05) is 24.3 Å². The highest BCUT2D eigenvalue weighted by molar-refractivity contribution is 6.05. The smallest absolute Gasteiger partial charge is 0.268 e. The van der Waals surface area contributed by atoms with E-state index in [1.807, 2.05) is 0 Å². The molecule has 4 aromatic rings. The molecule has 0 aliphatic rings. The Labute approximate surface area is 162 Å². The molecule has 0 unspecified atom stereocenters. The van der Waals surface area contributed by atoms with Crippen LogP contribution in [0.1, 0.15) is 20.8 Å². The van der Waals surface area contributed by atoms with Gasteiger partial charge in [-0.25, -0.2) is 9.67 Å². The predicted molar refractivity (Wildman–Crippen MR) is 103 cm³/mol. The van der Waals surface area contributed by atoms with Crippen LogP contribution in [0.3, 0.4) is 0 Å². The van der Waals surface area contributed by atoms with Crippen molar-refractivity contribution in [3.05, 3.63) is 86.8 Å². The van der Waals surface area contributed by atoms with Crippen molar-refractivity contribution in [1.29, 1.82) is 0 Å². The molecule has 0 spiro atoms. The minimum Gasteiger partial charge on any atom is -0.268 e. The van der Waals surface area contributed by atoms with E-state index in [0.717, 1.165) is 10.9 Å². The van der Waals surface area contributed by atoms with Crippen LogP contribution in [0.2, 0.25) is 0 Å². The van der Waals surface area contributed by atoms with Crippen molar-refractivity contribution in [1.82, 2.24) is 30.0 Å². The molecular weight excluding hydrogens is 376 g/mol. The number of carbonyl (C=O) groups excluding carboxylic acids is 2. The molecule has 4 rings (SSSR count). The molecule has 10 nitrogen and oxygen atoms in total. The van der Waals surface area contributed by atoms with Crippen LogP contribution in [0.5, 0.6) is 0 Å². The minimum absolute atomic E-state index is 0.0450. The first kappa shape index (κ1) is 18.0. The molecule has 0 radical (unpaired) electrons. The van der Waals surface area contributed by atoms with Crippen molar-refractivity contribution in [2.45, 2.75) is 0 Å². The number of aryl methyl sites for hydroxylation is 1. The summed E-state index contributed by atoms with van der Waals surface area (Å²) in [5.74, 6) is -1.57. The van der Waals surface area contributed by atoms with Gasteiger partial charge in [0.2, 0.25) is 0 Å². The zero-order chi connectivity index (χ0) is 20.5. The first-order valence-electron chi connectivity index (χ1n) is 8.50. The van der Waals surface area contributed by atoms with E-state index < -0.39 is 17.4 Å². The number of pyridine rings is 1. The molecule has 0 bridgehead atoms. The topological polar surface area (TPSA) is 127 Å². The van der Waals surface area contributed by atoms with Crippen molar-refractivity contribution in [3.8, 4) is 0 Å². The summed E-state index contributed by atoms with van der Waals surface area (Å²) >= 11 is 0. The molecule has 0 atom stereocenters. The first-order valence-corrected chi connectivity index (χ1v) is 8.50. The molecule has 0 saturated carbocycles. The van der Waals surface area contributed by atoms with Crippen molar-refractivity contribution in [2.75, 3.05) is 0 Å². The van der Waals surface area contributed by atoms with Crippen LogP contribution >= 0.6 is 0 Å². The van der Waals surface area contributed by atoms with Crippen LogP contribution in [0.25, 0.3) is 16.4 Å². The molecule has 0 saturated heterocycles. The number of nitrogens with zero attached hydrogens (tertiary/aromatic N) is 4. The maximum absolute atomic E-state index is 12.6. The lowest BCUT2D eigenvalue weighted by atomic mass is 10.1. The monoisotopic (exact) mass is 390 g/mol. The van der Waals surface area contributed by atoms with E-state index in [-0.39, 0.29) is 16.8 Å². The van der Waals surface area contributed by atoms with E-state index in [4.69, 9.17) is 0 Å². The summed E-state index contributed by atoms with van der Waals surface area (Å²) < 4.78 is 2.26. The minimum atomic E-state index is -0.830. The van der Waals surface area contributed by atoms with Gasteiger partial charge < -0.3 is 0 Å². The summed E-state index contributed by atoms with van der Waals surface area (Å²) in [5, 5.41) is 4.63. The number of benzene rings is 1. The van der Waals surface area contributed by atoms with Crippen LogP contribution < -0.4 is 22.0 Å². The second kappa shape index (κ2) is 7.00. The van der Waals surface area contributed by atoms with Gasteiger partial charge in [0, 0.05) is 24.8 Å². The molecule has 3 aromatic heterocycles. The van der Waals surface area contributed by atoms with E-state index in [1.54, 1.807) is 42.5 Å². The van der Waals surface area contributed by atoms with Gasteiger partial charge in [0.05, 0.1) is 5.39 Å². The van der Waals surface area contributed by atoms with Crippen LogP contribution in [-0.2, 0) is 7.05 Å². The molecule has 2 amide bonds. The molecule has 10 heteroatoms. The standard InChI is InChI=1S/C19H14N6O4/c1-24-18(28)12-7-3-2-6-11(12)15(23-24)17(27)22-21-16(26)13-10-20-14-8-4-5-9-25(14)19(13)29/h2-10H,1H3,(H,21,26)(H,22,27). The lowest BCUT2D eigenvalue weighted by Crippen LogP contribution is -2.44. The summed E-state index contributed by atoms with van der Waals surface area (Å²) in [6.07, 6.45) is 2.62. The summed E-state index contributed by atoms with van der Waals surface area (Å²) in [7, 11) is 1.42. The summed E-state index contributed by atoms with van der Waals surface area (Å²) in [5.41, 5.74) is 3.57. The van der Waals surface area contributed by atoms with Gasteiger partial charge in [-0.2, -0.15) is 5.10 Å². The van der Waals surface area contributed by atoms with E-state index in [1.165, 1.54) is 17.6 Å². The third kappa shape index (κ3) is 3.12. The molecule has 3 heterocycles. The van der Waals surface area contributed by atoms with Crippen molar-refractivity contribution in [3.63, 3.8) is 0 Å². The number of rotatable bonds is 2. The predicted octanol–water partition coefficient (Wildman–Crippen LogP) is 0.0162. The highest BCUT2D eigenvalue weighted by Crippen LogP contribution is 2.12. The summed E-state index contributed by atoms with van der Waals surface area (Å²) in [6.45, 7) is 0. The Balaban J connectivity index is 1.61. The number of amides is 2. The zero-order valence-corrected chi connectivity index (χ0v) is 15.1. The van der Waals surface area contributed by atoms with Crippen LogP contribution in [-0.4, -0.2) is 31.0 Å². The van der Waals surface area contributed by atoms with Gasteiger partial charge in [0.1, 0.15) is 11.2 Å². The fraction of sp³-hybridized carbons (Fsp3) is 0.0526. The Morgan fingerprint density at radius 3 is 2.38 bits per heavy atom. The SMILES string of the molecule is Cn1nc(C(=O)NNC(=O)c2cnc3ccccn3c2=O)c2ccccc2c1=O. The van der Waals surface area contributed by atoms with Gasteiger partial charge in [-0.15, -0.1) is 0 Å². The molecule has 0 aliphatic heterocycles. The Morgan fingerprint density at radius 2 is 1.59 bits per heavy atom. The lowest BCUT2D eigenvalue weighted by Gasteiger charge is -2.10. The van der Waals surface area contributed by atoms with E-state index >= 15 is 0 Å². The molecule has 1 aromatic carbocycles. The average molecular weight is 390 g/mol. The molecule has 2 N–H and O–H groups in total. The number of fused-ring (bicyclic) bond motifs is 2. The fourth-order valence-electron chi connectivity index (χ4n) is 2.89. The second-order valence-corrected chi connectivity index (χ2v) is 6.14. The third-order valence-corrected chi connectivity index (χ3v) is 4.32. The Kier molecular flexibility index (Phi) is 4.36. The number of hydrogen-bond donors (Lipinski definition) is 2. The third-order valence-electron chi connectivity index (χ3n) is 4.32. The number of hydrogen-bond acceptors (Lipinski definition) is 6. The zero-order valence-electron chi connectivity index (χ0n) is 15.1. The normalized spacial score (nSPS) is 10.8. The maximum Gasteiger partial charge on any atom is 0.290 e. The Morgan fingerprint density at radius 1 is 0.897 bits per heavy atom. The van der Waals surface area contributed by atoms with E-state index in [2.05, 4.69) is 20.9 Å². The van der Waals surface area contributed by atoms with Crippen molar-refractivity contribution in [2.24, 2.45) is 7.05 Å². The second-order valence-electron chi connectivity index (χ2n) is 6.14. The van der Waals surface area contributed by atoms with Gasteiger partial charge in [0.15, 0.2) is 5.69 Å².